The van der Waals surface area contributed by atoms with Crippen molar-refractivity contribution >= 4 is 10.0 Å². The van der Waals surface area contributed by atoms with Crippen LogP contribution in [0.25, 0.3) is 16.9 Å². The summed E-state index contributed by atoms with van der Waals surface area (Å²) in [6, 6.07) is 13.9. The van der Waals surface area contributed by atoms with Crippen LogP contribution in [0.4, 0.5) is 0 Å². The van der Waals surface area contributed by atoms with Crippen LogP contribution in [0, 0.1) is 0 Å². The Bertz CT molecular complexity index is 995. The second-order valence-electron chi connectivity index (χ2n) is 5.35. The van der Waals surface area contributed by atoms with Crippen LogP contribution in [0.3, 0.4) is 0 Å². The van der Waals surface area contributed by atoms with E-state index in [0.29, 0.717) is 5.69 Å². The van der Waals surface area contributed by atoms with Gasteiger partial charge >= 0.3 is 0 Å². The molecule has 0 spiro atoms. The number of aliphatic hydroxyl groups is 1. The first-order valence-electron chi connectivity index (χ1n) is 7.39. The van der Waals surface area contributed by atoms with Gasteiger partial charge in [0.1, 0.15) is 5.75 Å². The fraction of sp³-hybridized carbons (Fsp3) is 0.118. The van der Waals surface area contributed by atoms with Crippen molar-refractivity contribution in [2.45, 2.75) is 11.5 Å². The molecule has 0 aliphatic heterocycles. The third-order valence-electron chi connectivity index (χ3n) is 3.79. The standard InChI is InChI=1S/C17H17N3O4S/c1-24-15-5-2-12(3-6-15)16-8-9-19-20(16)14-4-7-17(25(18,22)23)13(10-14)11-21/h2-10,21H,11H2,1H3,(H2,18,22,23). The third kappa shape index (κ3) is 3.41. The maximum absolute atomic E-state index is 11.6. The van der Waals surface area contributed by atoms with Gasteiger partial charge in [-0.3, -0.25) is 0 Å². The minimum Gasteiger partial charge on any atom is -0.497 e. The van der Waals surface area contributed by atoms with Crippen molar-refractivity contribution in [2.24, 2.45) is 5.14 Å². The van der Waals surface area contributed by atoms with Crippen LogP contribution in [-0.4, -0.2) is 30.4 Å². The molecule has 3 N–H and O–H groups in total. The molecule has 0 bridgehead atoms. The molecule has 0 saturated carbocycles. The van der Waals surface area contributed by atoms with Crippen molar-refractivity contribution in [3.05, 3.63) is 60.3 Å². The molecule has 3 rings (SSSR count). The van der Waals surface area contributed by atoms with Gasteiger partial charge in [0, 0.05) is 5.56 Å². The molecule has 0 saturated heterocycles. The lowest BCUT2D eigenvalue weighted by Crippen LogP contribution is -2.15. The predicted octanol–water partition coefficient (Wildman–Crippen LogP) is 1.69. The normalized spacial score (nSPS) is 11.5. The van der Waals surface area contributed by atoms with Crippen molar-refractivity contribution in [1.82, 2.24) is 9.78 Å². The Morgan fingerprint density at radius 2 is 1.88 bits per heavy atom. The molecule has 7 nitrogen and oxygen atoms in total. The summed E-state index contributed by atoms with van der Waals surface area (Å²) in [5.41, 5.74) is 2.57. The van der Waals surface area contributed by atoms with Gasteiger partial charge in [0.2, 0.25) is 10.0 Å². The molecule has 0 aliphatic carbocycles. The molecule has 0 atom stereocenters. The van der Waals surface area contributed by atoms with Crippen molar-refractivity contribution in [2.75, 3.05) is 7.11 Å². The summed E-state index contributed by atoms with van der Waals surface area (Å²) < 4.78 is 30.0. The Hall–Kier alpha value is -2.68. The van der Waals surface area contributed by atoms with E-state index in [9.17, 15) is 13.5 Å². The number of sulfonamides is 1. The molecule has 0 aliphatic rings. The van der Waals surface area contributed by atoms with E-state index in [1.807, 2.05) is 30.3 Å². The number of rotatable bonds is 5. The zero-order valence-corrected chi connectivity index (χ0v) is 14.3. The first-order valence-corrected chi connectivity index (χ1v) is 8.94. The zero-order valence-electron chi connectivity index (χ0n) is 13.5. The van der Waals surface area contributed by atoms with Crippen LogP contribution >= 0.6 is 0 Å². The summed E-state index contributed by atoms with van der Waals surface area (Å²) >= 11 is 0. The number of methoxy groups -OCH3 is 1. The van der Waals surface area contributed by atoms with Crippen LogP contribution in [0.15, 0.2) is 59.6 Å². The lowest BCUT2D eigenvalue weighted by Gasteiger charge is -2.11. The minimum atomic E-state index is -3.90. The molecule has 1 heterocycles. The number of nitrogens with two attached hydrogens (primary N) is 1. The minimum absolute atomic E-state index is 0.100. The second-order valence-corrected chi connectivity index (χ2v) is 6.88. The molecule has 2 aromatic carbocycles. The van der Waals surface area contributed by atoms with Gasteiger partial charge in [0.05, 0.1) is 36.2 Å². The van der Waals surface area contributed by atoms with Gasteiger partial charge < -0.3 is 9.84 Å². The number of primary sulfonamides is 1. The molecule has 3 aromatic rings. The van der Waals surface area contributed by atoms with Gasteiger partial charge in [0.25, 0.3) is 0 Å². The summed E-state index contributed by atoms with van der Waals surface area (Å²) in [7, 11) is -2.30. The van der Waals surface area contributed by atoms with Crippen LogP contribution in [0.1, 0.15) is 5.56 Å². The summed E-state index contributed by atoms with van der Waals surface area (Å²) in [5, 5.41) is 19.0. The Balaban J connectivity index is 2.08. The fourth-order valence-corrected chi connectivity index (χ4v) is 3.33. The van der Waals surface area contributed by atoms with E-state index >= 15 is 0 Å². The number of nitrogens with zero attached hydrogens (tertiary/aromatic N) is 2. The van der Waals surface area contributed by atoms with E-state index in [-0.39, 0.29) is 10.5 Å². The van der Waals surface area contributed by atoms with Gasteiger partial charge in [0.15, 0.2) is 0 Å². The molecule has 25 heavy (non-hydrogen) atoms. The Morgan fingerprint density at radius 1 is 1.16 bits per heavy atom. The maximum atomic E-state index is 11.6. The van der Waals surface area contributed by atoms with Gasteiger partial charge in [-0.1, -0.05) is 0 Å². The molecule has 0 radical (unpaired) electrons. The van der Waals surface area contributed by atoms with Crippen molar-refractivity contribution in [1.29, 1.82) is 0 Å². The molecule has 130 valence electrons. The van der Waals surface area contributed by atoms with E-state index in [1.54, 1.807) is 30.1 Å². The van der Waals surface area contributed by atoms with Gasteiger partial charge in [-0.05, 0) is 54.1 Å². The topological polar surface area (TPSA) is 107 Å². The van der Waals surface area contributed by atoms with Crippen molar-refractivity contribution in [3.8, 4) is 22.7 Å². The van der Waals surface area contributed by atoms with E-state index < -0.39 is 16.6 Å². The van der Waals surface area contributed by atoms with Crippen molar-refractivity contribution in [3.63, 3.8) is 0 Å². The van der Waals surface area contributed by atoms with E-state index in [1.165, 1.54) is 6.07 Å². The van der Waals surface area contributed by atoms with Crippen LogP contribution < -0.4 is 9.88 Å². The van der Waals surface area contributed by atoms with Crippen LogP contribution in [0.5, 0.6) is 5.75 Å². The molecule has 0 fully saturated rings. The van der Waals surface area contributed by atoms with E-state index in [0.717, 1.165) is 17.0 Å². The van der Waals surface area contributed by atoms with E-state index in [4.69, 9.17) is 9.88 Å². The molecule has 8 heteroatoms. The number of benzene rings is 2. The van der Waals surface area contributed by atoms with Gasteiger partial charge in [-0.25, -0.2) is 18.2 Å². The lowest BCUT2D eigenvalue weighted by atomic mass is 10.1. The highest BCUT2D eigenvalue weighted by Gasteiger charge is 2.16. The zero-order chi connectivity index (χ0) is 18.0. The highest BCUT2D eigenvalue weighted by molar-refractivity contribution is 7.89. The Morgan fingerprint density at radius 3 is 2.48 bits per heavy atom. The maximum Gasteiger partial charge on any atom is 0.238 e. The van der Waals surface area contributed by atoms with Crippen molar-refractivity contribution < 1.29 is 18.3 Å². The van der Waals surface area contributed by atoms with Crippen LogP contribution in [-0.2, 0) is 16.6 Å². The summed E-state index contributed by atoms with van der Waals surface area (Å²) in [4.78, 5) is -0.100. The predicted molar refractivity (Wildman–Crippen MR) is 92.8 cm³/mol. The third-order valence-corrected chi connectivity index (χ3v) is 4.81. The highest BCUT2D eigenvalue weighted by atomic mass is 32.2. The average Bonchev–Trinajstić information content (AvgIpc) is 3.10. The smallest absolute Gasteiger partial charge is 0.238 e. The quantitative estimate of drug-likeness (QED) is 0.721. The van der Waals surface area contributed by atoms with Gasteiger partial charge in [-0.2, -0.15) is 5.10 Å². The highest BCUT2D eigenvalue weighted by Crippen LogP contribution is 2.26. The second kappa shape index (κ2) is 6.67. The monoisotopic (exact) mass is 359 g/mol. The SMILES string of the molecule is COc1ccc(-c2ccnn2-c2ccc(S(N)(=O)=O)c(CO)c2)cc1. The van der Waals surface area contributed by atoms with E-state index in [2.05, 4.69) is 5.10 Å². The molecule has 0 amide bonds. The average molecular weight is 359 g/mol. The molecular weight excluding hydrogens is 342 g/mol. The molecule has 1 aromatic heterocycles. The first-order chi connectivity index (χ1) is 11.9. The number of hydrogen-bond donors (Lipinski definition) is 2. The molecule has 0 unspecified atom stereocenters. The summed E-state index contributed by atoms with van der Waals surface area (Å²) in [6.45, 7) is -0.446. The van der Waals surface area contributed by atoms with Gasteiger partial charge in [-0.15, -0.1) is 0 Å². The number of aromatic nitrogens is 2. The largest absolute Gasteiger partial charge is 0.497 e. The number of hydrogen-bond acceptors (Lipinski definition) is 5. The summed E-state index contributed by atoms with van der Waals surface area (Å²) in [6.07, 6.45) is 1.64. The lowest BCUT2D eigenvalue weighted by molar-refractivity contribution is 0.278. The number of aliphatic hydroxyl groups excluding tert-OH is 1. The Labute approximate surface area is 145 Å². The first kappa shape index (κ1) is 17.2. The fourth-order valence-electron chi connectivity index (χ4n) is 2.59. The summed E-state index contributed by atoms with van der Waals surface area (Å²) in [5.74, 6) is 0.745. The Kier molecular flexibility index (Phi) is 4.58. The molecular formula is C17H17N3O4S. The van der Waals surface area contributed by atoms with Crippen LogP contribution in [0.2, 0.25) is 0 Å². The number of ether oxygens (including phenoxy) is 1.